The van der Waals surface area contributed by atoms with Crippen molar-refractivity contribution in [1.82, 2.24) is 10.6 Å². The van der Waals surface area contributed by atoms with E-state index in [9.17, 15) is 9.59 Å². The van der Waals surface area contributed by atoms with Gasteiger partial charge < -0.3 is 22.1 Å². The topological polar surface area (TPSA) is 110 Å². The van der Waals surface area contributed by atoms with Crippen molar-refractivity contribution in [2.24, 2.45) is 11.5 Å². The smallest absolute Gasteiger partial charge is 0.220 e. The molecule has 0 aromatic heterocycles. The van der Waals surface area contributed by atoms with Gasteiger partial charge in [0.2, 0.25) is 11.8 Å². The zero-order chi connectivity index (χ0) is 23.5. The summed E-state index contributed by atoms with van der Waals surface area (Å²) >= 11 is 0. The molecule has 0 aromatic carbocycles. The van der Waals surface area contributed by atoms with Gasteiger partial charge in [-0.05, 0) is 37.5 Å². The molecule has 182 valence electrons. The molecule has 6 nitrogen and oxygen atoms in total. The van der Waals surface area contributed by atoms with Crippen molar-refractivity contribution in [1.29, 1.82) is 0 Å². The summed E-state index contributed by atoms with van der Waals surface area (Å²) < 4.78 is 0. The van der Waals surface area contributed by atoms with Crippen molar-refractivity contribution < 1.29 is 9.59 Å². The molecule has 0 unspecified atom stereocenters. The van der Waals surface area contributed by atoms with Crippen molar-refractivity contribution >= 4 is 11.8 Å². The zero-order valence-electron chi connectivity index (χ0n) is 20.1. The highest BCUT2D eigenvalue weighted by Crippen LogP contribution is 2.09. The second-order valence-corrected chi connectivity index (χ2v) is 8.12. The summed E-state index contributed by atoms with van der Waals surface area (Å²) in [6, 6.07) is 0. The fourth-order valence-electron chi connectivity index (χ4n) is 3.23. The van der Waals surface area contributed by atoms with E-state index in [0.29, 0.717) is 39.0 Å². The van der Waals surface area contributed by atoms with Crippen molar-refractivity contribution in [3.05, 3.63) is 0 Å². The molecule has 0 atom stereocenters. The van der Waals surface area contributed by atoms with Gasteiger partial charge in [0.1, 0.15) is 0 Å². The summed E-state index contributed by atoms with van der Waals surface area (Å²) in [6.07, 6.45) is 16.6. The van der Waals surface area contributed by atoms with Crippen LogP contribution < -0.4 is 22.1 Å². The monoisotopic (exact) mass is 446 g/mol. The molecule has 0 bridgehead atoms. The Bertz CT molecular complexity index is 532. The second kappa shape index (κ2) is 25.2. The average Bonchev–Trinajstić information content (AvgIpc) is 2.80. The van der Waals surface area contributed by atoms with Crippen molar-refractivity contribution in [2.45, 2.75) is 103 Å². The highest BCUT2D eigenvalue weighted by Gasteiger charge is 2.00. The van der Waals surface area contributed by atoms with Crippen LogP contribution in [0.4, 0.5) is 0 Å². The van der Waals surface area contributed by atoms with Gasteiger partial charge in [0.15, 0.2) is 0 Å². The van der Waals surface area contributed by atoms with Crippen LogP contribution in [-0.4, -0.2) is 38.0 Å². The van der Waals surface area contributed by atoms with Crippen molar-refractivity contribution in [3.63, 3.8) is 0 Å². The maximum atomic E-state index is 11.4. The molecule has 0 spiro atoms. The lowest BCUT2D eigenvalue weighted by Crippen LogP contribution is -2.28. The van der Waals surface area contributed by atoms with Crippen LogP contribution >= 0.6 is 0 Å². The number of nitrogens with one attached hydrogen (secondary N) is 2. The van der Waals surface area contributed by atoms with Crippen LogP contribution in [0.15, 0.2) is 0 Å². The minimum Gasteiger partial charge on any atom is -0.355 e. The molecule has 0 saturated carbocycles. The lowest BCUT2D eigenvalue weighted by Gasteiger charge is -2.03. The summed E-state index contributed by atoms with van der Waals surface area (Å²) in [6.45, 7) is 2.15. The van der Waals surface area contributed by atoms with Crippen LogP contribution in [0.5, 0.6) is 0 Å². The molecule has 0 aliphatic carbocycles. The third kappa shape index (κ3) is 24.3. The Labute approximate surface area is 196 Å². The fourth-order valence-corrected chi connectivity index (χ4v) is 3.23. The Balaban J connectivity index is 3.34. The van der Waals surface area contributed by atoms with Crippen molar-refractivity contribution in [2.75, 3.05) is 26.2 Å². The van der Waals surface area contributed by atoms with Gasteiger partial charge in [0.05, 0.1) is 0 Å². The highest BCUT2D eigenvalue weighted by atomic mass is 16.2. The Kier molecular flexibility index (Phi) is 23.6. The quantitative estimate of drug-likeness (QED) is 0.170. The van der Waals surface area contributed by atoms with E-state index < -0.39 is 0 Å². The standard InChI is InChI=1S/C26H46N4O2/c27-21-23-29-25(31)19-17-15-13-11-9-7-5-3-1-2-4-6-8-10-12-14-16-18-20-26(32)30-24-22-28/h5-24,27-28H2,(H,29,31)(H,30,32). The van der Waals surface area contributed by atoms with Crippen LogP contribution in [0.1, 0.15) is 103 Å². The highest BCUT2D eigenvalue weighted by molar-refractivity contribution is 5.76. The van der Waals surface area contributed by atoms with E-state index in [1.165, 1.54) is 38.5 Å². The third-order valence-corrected chi connectivity index (χ3v) is 5.08. The van der Waals surface area contributed by atoms with Crippen molar-refractivity contribution in [3.8, 4) is 23.7 Å². The number of hydrogen-bond acceptors (Lipinski definition) is 4. The molecule has 0 heterocycles. The number of rotatable bonds is 20. The molecular weight excluding hydrogens is 400 g/mol. The van der Waals surface area contributed by atoms with Crippen LogP contribution in [0.3, 0.4) is 0 Å². The summed E-state index contributed by atoms with van der Waals surface area (Å²) in [4.78, 5) is 22.8. The predicted molar refractivity (Wildman–Crippen MR) is 134 cm³/mol. The third-order valence-electron chi connectivity index (χ3n) is 5.08. The van der Waals surface area contributed by atoms with Gasteiger partial charge in [-0.15, -0.1) is 0 Å². The lowest BCUT2D eigenvalue weighted by atomic mass is 10.1. The summed E-state index contributed by atoms with van der Waals surface area (Å²) in [5, 5.41) is 5.59. The maximum Gasteiger partial charge on any atom is 0.220 e. The molecule has 0 radical (unpaired) electrons. The van der Waals surface area contributed by atoms with E-state index in [4.69, 9.17) is 11.5 Å². The molecular formula is C26H46N4O2. The zero-order valence-corrected chi connectivity index (χ0v) is 20.1. The molecule has 0 aliphatic rings. The largest absolute Gasteiger partial charge is 0.355 e. The van der Waals surface area contributed by atoms with E-state index in [1.54, 1.807) is 0 Å². The molecule has 6 N–H and O–H groups in total. The second-order valence-electron chi connectivity index (χ2n) is 8.12. The lowest BCUT2D eigenvalue weighted by molar-refractivity contribution is -0.122. The normalized spacial score (nSPS) is 9.94. The van der Waals surface area contributed by atoms with Gasteiger partial charge >= 0.3 is 0 Å². The van der Waals surface area contributed by atoms with Gasteiger partial charge in [-0.1, -0.05) is 63.2 Å². The molecule has 0 aromatic rings. The van der Waals surface area contributed by atoms with E-state index in [2.05, 4.69) is 34.3 Å². The minimum atomic E-state index is 0.115. The Morgan fingerprint density at radius 1 is 0.531 bits per heavy atom. The average molecular weight is 447 g/mol. The first kappa shape index (κ1) is 30.0. The fraction of sp³-hybridized carbons (Fsp3) is 0.769. The first-order valence-electron chi connectivity index (χ1n) is 12.6. The molecule has 6 heteroatoms. The van der Waals surface area contributed by atoms with Crippen LogP contribution in [0.25, 0.3) is 0 Å². The van der Waals surface area contributed by atoms with E-state index in [-0.39, 0.29) is 11.8 Å². The predicted octanol–water partition coefficient (Wildman–Crippen LogP) is 3.38. The number of nitrogens with two attached hydrogens (primary N) is 2. The Morgan fingerprint density at radius 3 is 1.25 bits per heavy atom. The Morgan fingerprint density at radius 2 is 0.875 bits per heavy atom. The number of unbranched alkanes of at least 4 members (excludes halogenated alkanes) is 12. The molecule has 32 heavy (non-hydrogen) atoms. The number of carbonyl (C=O) groups is 2. The van der Waals surface area contributed by atoms with Gasteiger partial charge in [-0.25, -0.2) is 0 Å². The van der Waals surface area contributed by atoms with E-state index in [0.717, 1.165) is 51.4 Å². The summed E-state index contributed by atoms with van der Waals surface area (Å²) in [5.41, 5.74) is 10.7. The molecule has 0 rings (SSSR count). The summed E-state index contributed by atoms with van der Waals surface area (Å²) in [7, 11) is 0. The van der Waals surface area contributed by atoms with Crippen LogP contribution in [-0.2, 0) is 9.59 Å². The van der Waals surface area contributed by atoms with Gasteiger partial charge in [-0.2, -0.15) is 0 Å². The number of hydrogen-bond donors (Lipinski definition) is 4. The number of carbonyl (C=O) groups excluding carboxylic acids is 2. The van der Waals surface area contributed by atoms with E-state index in [1.807, 2.05) is 0 Å². The van der Waals surface area contributed by atoms with Crippen LogP contribution in [0, 0.1) is 23.7 Å². The number of amides is 2. The first-order valence-corrected chi connectivity index (χ1v) is 12.6. The van der Waals surface area contributed by atoms with Gasteiger partial charge in [-0.3, -0.25) is 9.59 Å². The van der Waals surface area contributed by atoms with Gasteiger partial charge in [0, 0.05) is 51.9 Å². The molecule has 0 saturated heterocycles. The van der Waals surface area contributed by atoms with Crippen LogP contribution in [0.2, 0.25) is 0 Å². The molecule has 2 amide bonds. The summed E-state index contributed by atoms with van der Waals surface area (Å²) in [5.74, 6) is 12.4. The first-order chi connectivity index (χ1) is 15.7. The molecule has 0 aliphatic heterocycles. The molecule has 0 fully saturated rings. The SMILES string of the molecule is NCCNC(=O)CCCCCCCCC#CC#CCCCCCCCCC(=O)NCCN. The minimum absolute atomic E-state index is 0.115. The van der Waals surface area contributed by atoms with E-state index >= 15 is 0 Å². The Hall–Kier alpha value is -2.02. The van der Waals surface area contributed by atoms with Gasteiger partial charge in [0.25, 0.3) is 0 Å². The maximum absolute atomic E-state index is 11.4.